The smallest absolute Gasteiger partial charge is 0.319 e. The summed E-state index contributed by atoms with van der Waals surface area (Å²) in [7, 11) is 1.84. The number of nitrogens with one attached hydrogen (secondary N) is 3. The zero-order chi connectivity index (χ0) is 12.8. The Kier molecular flexibility index (Phi) is 5.55. The minimum absolute atomic E-state index is 0.217. The van der Waals surface area contributed by atoms with Gasteiger partial charge in [-0.25, -0.2) is 4.79 Å². The van der Waals surface area contributed by atoms with Crippen molar-refractivity contribution in [1.29, 1.82) is 0 Å². The second-order valence-electron chi connectivity index (χ2n) is 3.65. The van der Waals surface area contributed by atoms with Gasteiger partial charge in [-0.2, -0.15) is 0 Å². The van der Waals surface area contributed by atoms with E-state index in [0.717, 1.165) is 0 Å². The van der Waals surface area contributed by atoms with E-state index in [1.165, 1.54) is 0 Å². The third-order valence-corrected chi connectivity index (χ3v) is 2.98. The number of carbonyl (C=O) groups excluding carboxylic acids is 1. The third kappa shape index (κ3) is 4.81. The van der Waals surface area contributed by atoms with Crippen LogP contribution in [0.3, 0.4) is 0 Å². The van der Waals surface area contributed by atoms with Gasteiger partial charge in [0.15, 0.2) is 0 Å². The highest BCUT2D eigenvalue weighted by molar-refractivity contribution is 6.42. The van der Waals surface area contributed by atoms with Crippen molar-refractivity contribution in [2.24, 2.45) is 0 Å². The van der Waals surface area contributed by atoms with Crippen LogP contribution in [-0.4, -0.2) is 25.7 Å². The predicted molar refractivity (Wildman–Crippen MR) is 72.0 cm³/mol. The maximum absolute atomic E-state index is 11.5. The van der Waals surface area contributed by atoms with E-state index in [-0.39, 0.29) is 12.1 Å². The van der Waals surface area contributed by atoms with Gasteiger partial charge in [0.1, 0.15) is 0 Å². The number of likely N-dealkylation sites (N-methyl/N-ethyl adjacent to an activating group) is 1. The molecule has 0 fully saturated rings. The number of hydrogen-bond donors (Lipinski definition) is 3. The quantitative estimate of drug-likeness (QED) is 0.792. The van der Waals surface area contributed by atoms with Gasteiger partial charge >= 0.3 is 6.03 Å². The third-order valence-electron chi connectivity index (χ3n) is 2.24. The largest absolute Gasteiger partial charge is 0.336 e. The van der Waals surface area contributed by atoms with Gasteiger partial charge in [-0.1, -0.05) is 23.2 Å². The lowest BCUT2D eigenvalue weighted by Crippen LogP contribution is -2.39. The van der Waals surface area contributed by atoms with Gasteiger partial charge < -0.3 is 16.0 Å². The molecule has 0 aromatic heterocycles. The number of hydrogen-bond acceptors (Lipinski definition) is 2. The van der Waals surface area contributed by atoms with E-state index < -0.39 is 0 Å². The maximum Gasteiger partial charge on any atom is 0.319 e. The SMILES string of the molecule is CNC(C)CNC(=O)Nc1ccc(Cl)c(Cl)c1. The Bertz CT molecular complexity index is 398. The van der Waals surface area contributed by atoms with Crippen molar-refractivity contribution in [2.45, 2.75) is 13.0 Å². The molecule has 4 nitrogen and oxygen atoms in total. The fourth-order valence-corrected chi connectivity index (χ4v) is 1.40. The zero-order valence-corrected chi connectivity index (χ0v) is 11.2. The van der Waals surface area contributed by atoms with Crippen molar-refractivity contribution in [3.8, 4) is 0 Å². The minimum Gasteiger partial charge on any atom is -0.336 e. The number of urea groups is 1. The lowest BCUT2D eigenvalue weighted by molar-refractivity contribution is 0.251. The van der Waals surface area contributed by atoms with Crippen molar-refractivity contribution in [3.05, 3.63) is 28.2 Å². The Morgan fingerprint density at radius 3 is 2.65 bits per heavy atom. The second-order valence-corrected chi connectivity index (χ2v) is 4.47. The highest BCUT2D eigenvalue weighted by atomic mass is 35.5. The Balaban J connectivity index is 2.48. The van der Waals surface area contributed by atoms with E-state index in [2.05, 4.69) is 16.0 Å². The number of anilines is 1. The van der Waals surface area contributed by atoms with Crippen molar-refractivity contribution < 1.29 is 4.79 Å². The average Bonchev–Trinajstić information content (AvgIpc) is 2.31. The minimum atomic E-state index is -0.273. The van der Waals surface area contributed by atoms with Crippen LogP contribution in [0.4, 0.5) is 10.5 Å². The molecule has 0 spiro atoms. The summed E-state index contributed by atoms with van der Waals surface area (Å²) in [5.74, 6) is 0. The number of benzene rings is 1. The van der Waals surface area contributed by atoms with Crippen molar-refractivity contribution in [3.63, 3.8) is 0 Å². The summed E-state index contributed by atoms with van der Waals surface area (Å²) in [6.45, 7) is 2.52. The molecule has 0 aliphatic rings. The Hall–Kier alpha value is -0.970. The normalized spacial score (nSPS) is 12.0. The summed E-state index contributed by atoms with van der Waals surface area (Å²) in [4.78, 5) is 11.5. The first-order chi connectivity index (χ1) is 8.02. The van der Waals surface area contributed by atoms with Crippen LogP contribution in [0.2, 0.25) is 10.0 Å². The van der Waals surface area contributed by atoms with Crippen LogP contribution in [0.1, 0.15) is 6.92 Å². The Morgan fingerprint density at radius 1 is 1.35 bits per heavy atom. The van der Waals surface area contributed by atoms with Gasteiger partial charge in [0, 0.05) is 18.3 Å². The monoisotopic (exact) mass is 275 g/mol. The molecule has 0 aliphatic heterocycles. The fraction of sp³-hybridized carbons (Fsp3) is 0.364. The lowest BCUT2D eigenvalue weighted by atomic mass is 10.3. The lowest BCUT2D eigenvalue weighted by Gasteiger charge is -2.12. The predicted octanol–water partition coefficient (Wildman–Crippen LogP) is 2.72. The number of amides is 2. The molecule has 1 rings (SSSR count). The van der Waals surface area contributed by atoms with Gasteiger partial charge in [-0.15, -0.1) is 0 Å². The van der Waals surface area contributed by atoms with E-state index >= 15 is 0 Å². The molecule has 6 heteroatoms. The highest BCUT2D eigenvalue weighted by Crippen LogP contribution is 2.24. The summed E-state index contributed by atoms with van der Waals surface area (Å²) in [5.41, 5.74) is 0.606. The van der Waals surface area contributed by atoms with Gasteiger partial charge in [0.25, 0.3) is 0 Å². The molecule has 1 aromatic carbocycles. The molecule has 0 radical (unpaired) electrons. The molecule has 0 saturated heterocycles. The fourth-order valence-electron chi connectivity index (χ4n) is 1.10. The van der Waals surface area contributed by atoms with Crippen LogP contribution < -0.4 is 16.0 Å². The van der Waals surface area contributed by atoms with Gasteiger partial charge in [-0.05, 0) is 32.2 Å². The van der Waals surface area contributed by atoms with Gasteiger partial charge in [-0.3, -0.25) is 0 Å². The molecule has 3 N–H and O–H groups in total. The maximum atomic E-state index is 11.5. The molecule has 2 amide bonds. The molecular weight excluding hydrogens is 261 g/mol. The molecule has 1 unspecified atom stereocenters. The van der Waals surface area contributed by atoms with Crippen LogP contribution in [0.15, 0.2) is 18.2 Å². The van der Waals surface area contributed by atoms with Crippen molar-refractivity contribution in [1.82, 2.24) is 10.6 Å². The first kappa shape index (κ1) is 14.1. The second kappa shape index (κ2) is 6.69. The van der Waals surface area contributed by atoms with Crippen LogP contribution in [0.5, 0.6) is 0 Å². The molecule has 17 heavy (non-hydrogen) atoms. The van der Waals surface area contributed by atoms with Crippen LogP contribution in [-0.2, 0) is 0 Å². The van der Waals surface area contributed by atoms with Gasteiger partial charge in [0.05, 0.1) is 10.0 Å². The number of rotatable bonds is 4. The summed E-state index contributed by atoms with van der Waals surface area (Å²) in [6.07, 6.45) is 0. The van der Waals surface area contributed by atoms with Crippen LogP contribution >= 0.6 is 23.2 Å². The standard InChI is InChI=1S/C11H15Cl2N3O/c1-7(14-2)6-15-11(17)16-8-3-4-9(12)10(13)5-8/h3-5,7,14H,6H2,1-2H3,(H2,15,16,17). The van der Waals surface area contributed by atoms with E-state index in [1.54, 1.807) is 18.2 Å². The summed E-state index contributed by atoms with van der Waals surface area (Å²) < 4.78 is 0. The first-order valence-corrected chi connectivity index (χ1v) is 5.95. The summed E-state index contributed by atoms with van der Waals surface area (Å²) in [5, 5.41) is 9.29. The molecule has 0 bridgehead atoms. The average molecular weight is 276 g/mol. The molecule has 0 aliphatic carbocycles. The molecule has 1 atom stereocenters. The van der Waals surface area contributed by atoms with Crippen LogP contribution in [0.25, 0.3) is 0 Å². The van der Waals surface area contributed by atoms with Crippen molar-refractivity contribution in [2.75, 3.05) is 18.9 Å². The summed E-state index contributed by atoms with van der Waals surface area (Å²) in [6, 6.07) is 4.87. The van der Waals surface area contributed by atoms with E-state index in [4.69, 9.17) is 23.2 Å². The Labute approximate surface area is 111 Å². The summed E-state index contributed by atoms with van der Waals surface area (Å²) >= 11 is 11.6. The van der Waals surface area contributed by atoms with Crippen LogP contribution in [0, 0.1) is 0 Å². The molecule has 1 aromatic rings. The van der Waals surface area contributed by atoms with Gasteiger partial charge in [0.2, 0.25) is 0 Å². The van der Waals surface area contributed by atoms with E-state index in [0.29, 0.717) is 22.3 Å². The van der Waals surface area contributed by atoms with E-state index in [1.807, 2.05) is 14.0 Å². The highest BCUT2D eigenvalue weighted by Gasteiger charge is 2.05. The topological polar surface area (TPSA) is 53.2 Å². The number of carbonyl (C=O) groups is 1. The zero-order valence-electron chi connectivity index (χ0n) is 9.68. The molecule has 0 saturated carbocycles. The number of halogens is 2. The molecular formula is C11H15Cl2N3O. The van der Waals surface area contributed by atoms with E-state index in [9.17, 15) is 4.79 Å². The van der Waals surface area contributed by atoms with Crippen molar-refractivity contribution >= 4 is 34.9 Å². The molecule has 94 valence electrons. The Morgan fingerprint density at radius 2 is 2.06 bits per heavy atom. The first-order valence-electron chi connectivity index (χ1n) is 5.20. The molecule has 0 heterocycles.